The summed E-state index contributed by atoms with van der Waals surface area (Å²) in [6.45, 7) is 1.57. The summed E-state index contributed by atoms with van der Waals surface area (Å²) in [6.07, 6.45) is 3.58. The summed E-state index contributed by atoms with van der Waals surface area (Å²) in [5, 5.41) is 12.9. The third kappa shape index (κ3) is 5.94. The molecule has 1 unspecified atom stereocenters. The first-order valence-electron chi connectivity index (χ1n) is 10.8. The van der Waals surface area contributed by atoms with Crippen molar-refractivity contribution in [2.45, 2.75) is 25.7 Å². The third-order valence-electron chi connectivity index (χ3n) is 5.43. The quantitative estimate of drug-likeness (QED) is 0.460. The van der Waals surface area contributed by atoms with Gasteiger partial charge in [-0.1, -0.05) is 24.3 Å². The molecule has 1 fully saturated rings. The predicted octanol–water partition coefficient (Wildman–Crippen LogP) is 2.76. The van der Waals surface area contributed by atoms with Gasteiger partial charge >= 0.3 is 0 Å². The van der Waals surface area contributed by atoms with Crippen molar-refractivity contribution in [1.29, 1.82) is 0 Å². The van der Waals surface area contributed by atoms with Crippen LogP contribution in [-0.2, 0) is 18.0 Å². The topological polar surface area (TPSA) is 104 Å². The molecular formula is C25H26N4O4. The lowest BCUT2D eigenvalue weighted by molar-refractivity contribution is 0.0233. The number of nitrogens with zero attached hydrogens (tertiary/aromatic N) is 2. The summed E-state index contributed by atoms with van der Waals surface area (Å²) in [4.78, 5) is 36.4. The van der Waals surface area contributed by atoms with Gasteiger partial charge in [0.1, 0.15) is 0 Å². The van der Waals surface area contributed by atoms with Crippen LogP contribution in [0.25, 0.3) is 0 Å². The molecule has 0 spiro atoms. The molecule has 0 bridgehead atoms. The van der Waals surface area contributed by atoms with E-state index in [1.807, 2.05) is 30.3 Å². The molecule has 8 nitrogen and oxygen atoms in total. The lowest BCUT2D eigenvalue weighted by Gasteiger charge is -2.16. The van der Waals surface area contributed by atoms with Gasteiger partial charge in [-0.15, -0.1) is 0 Å². The number of aromatic nitrogens is 1. The zero-order chi connectivity index (χ0) is 23.0. The average Bonchev–Trinajstić information content (AvgIpc) is 3.29. The molecule has 1 atom stereocenters. The Morgan fingerprint density at radius 1 is 1.06 bits per heavy atom. The van der Waals surface area contributed by atoms with E-state index in [-0.39, 0.29) is 18.4 Å². The number of para-hydroxylation sites is 1. The maximum absolute atomic E-state index is 12.7. The minimum absolute atomic E-state index is 0.113. The molecule has 0 radical (unpaired) electrons. The lowest BCUT2D eigenvalue weighted by atomic mass is 10.1. The average molecular weight is 447 g/mol. The van der Waals surface area contributed by atoms with Crippen LogP contribution >= 0.6 is 0 Å². The first kappa shape index (κ1) is 22.4. The van der Waals surface area contributed by atoms with Crippen molar-refractivity contribution in [3.05, 3.63) is 95.3 Å². The van der Waals surface area contributed by atoms with Crippen LogP contribution < -0.4 is 10.8 Å². The maximum atomic E-state index is 12.7. The SMILES string of the molecule is O=C(NOCc1cccc(C(=O)N2CCC(O)C2)c1)c1ccccc1NCc1ccncc1. The van der Waals surface area contributed by atoms with Gasteiger partial charge < -0.3 is 15.3 Å². The van der Waals surface area contributed by atoms with Crippen LogP contribution in [0.1, 0.15) is 38.3 Å². The highest BCUT2D eigenvalue weighted by Crippen LogP contribution is 2.17. The number of likely N-dealkylation sites (tertiary alicyclic amines) is 1. The first-order valence-corrected chi connectivity index (χ1v) is 10.8. The summed E-state index contributed by atoms with van der Waals surface area (Å²) in [5.41, 5.74) is 5.96. The Labute approximate surface area is 192 Å². The number of amides is 2. The molecule has 33 heavy (non-hydrogen) atoms. The van der Waals surface area contributed by atoms with E-state index in [4.69, 9.17) is 4.84 Å². The summed E-state index contributed by atoms with van der Waals surface area (Å²) in [5.74, 6) is -0.488. The number of rotatable bonds is 8. The second-order valence-corrected chi connectivity index (χ2v) is 7.87. The zero-order valence-corrected chi connectivity index (χ0v) is 18.1. The van der Waals surface area contributed by atoms with E-state index in [2.05, 4.69) is 15.8 Å². The van der Waals surface area contributed by atoms with Gasteiger partial charge in [0.15, 0.2) is 0 Å². The fourth-order valence-electron chi connectivity index (χ4n) is 3.68. The molecule has 1 aromatic heterocycles. The maximum Gasteiger partial charge on any atom is 0.276 e. The van der Waals surface area contributed by atoms with Crippen LogP contribution in [0.5, 0.6) is 0 Å². The van der Waals surface area contributed by atoms with Gasteiger partial charge in [-0.3, -0.25) is 19.4 Å². The number of β-amino-alcohol motifs (C(OH)–C–C–N with tert-alkyl or cyclic N) is 1. The Bertz CT molecular complexity index is 1110. The van der Waals surface area contributed by atoms with E-state index in [0.29, 0.717) is 42.9 Å². The molecule has 0 aliphatic carbocycles. The summed E-state index contributed by atoms with van der Waals surface area (Å²) < 4.78 is 0. The minimum atomic E-state index is -0.460. The van der Waals surface area contributed by atoms with Crippen molar-refractivity contribution in [1.82, 2.24) is 15.4 Å². The van der Waals surface area contributed by atoms with Gasteiger partial charge in [-0.05, 0) is 53.9 Å². The predicted molar refractivity (Wildman–Crippen MR) is 123 cm³/mol. The van der Waals surface area contributed by atoms with Crippen molar-refractivity contribution in [3.63, 3.8) is 0 Å². The highest BCUT2D eigenvalue weighted by molar-refractivity contribution is 5.99. The highest BCUT2D eigenvalue weighted by Gasteiger charge is 2.25. The Morgan fingerprint density at radius 2 is 1.88 bits per heavy atom. The number of anilines is 1. The van der Waals surface area contributed by atoms with Gasteiger partial charge in [0.2, 0.25) is 0 Å². The molecule has 1 aliphatic rings. The standard InChI is InChI=1S/C25H26N4O4/c30-21-10-13-29(16-21)25(32)20-5-3-4-19(14-20)17-33-28-24(31)22-6-1-2-7-23(22)27-15-18-8-11-26-12-9-18/h1-9,11-12,14,21,27,30H,10,13,15-17H2,(H,28,31). The molecule has 170 valence electrons. The van der Waals surface area contributed by atoms with Crippen LogP contribution in [0.15, 0.2) is 73.1 Å². The number of hydroxylamine groups is 1. The third-order valence-corrected chi connectivity index (χ3v) is 5.43. The molecule has 1 saturated heterocycles. The molecular weight excluding hydrogens is 420 g/mol. The monoisotopic (exact) mass is 446 g/mol. The van der Waals surface area contributed by atoms with E-state index in [0.717, 1.165) is 11.1 Å². The molecule has 2 aromatic carbocycles. The van der Waals surface area contributed by atoms with Gasteiger partial charge in [-0.2, -0.15) is 0 Å². The fourth-order valence-corrected chi connectivity index (χ4v) is 3.68. The normalized spacial score (nSPS) is 15.3. The van der Waals surface area contributed by atoms with Gasteiger partial charge in [0.05, 0.1) is 18.3 Å². The van der Waals surface area contributed by atoms with Gasteiger partial charge in [0, 0.05) is 43.3 Å². The zero-order valence-electron chi connectivity index (χ0n) is 18.1. The smallest absolute Gasteiger partial charge is 0.276 e. The Morgan fingerprint density at radius 3 is 2.67 bits per heavy atom. The van der Waals surface area contributed by atoms with E-state index in [9.17, 15) is 14.7 Å². The lowest BCUT2D eigenvalue weighted by Crippen LogP contribution is -2.29. The van der Waals surface area contributed by atoms with Crippen LogP contribution in [0, 0.1) is 0 Å². The number of carbonyl (C=O) groups excluding carboxylic acids is 2. The molecule has 2 heterocycles. The number of benzene rings is 2. The number of aliphatic hydroxyl groups excluding tert-OH is 1. The minimum Gasteiger partial charge on any atom is -0.391 e. The van der Waals surface area contributed by atoms with Crippen molar-refractivity contribution >= 4 is 17.5 Å². The summed E-state index contributed by atoms with van der Waals surface area (Å²) in [6, 6.07) is 18.1. The molecule has 4 rings (SSSR count). The molecule has 3 N–H and O–H groups in total. The fraction of sp³-hybridized carbons (Fsp3) is 0.240. The van der Waals surface area contributed by atoms with Crippen molar-refractivity contribution in [3.8, 4) is 0 Å². The van der Waals surface area contributed by atoms with Crippen LogP contribution in [0.3, 0.4) is 0 Å². The van der Waals surface area contributed by atoms with E-state index in [1.165, 1.54) is 0 Å². The van der Waals surface area contributed by atoms with Crippen molar-refractivity contribution in [2.75, 3.05) is 18.4 Å². The van der Waals surface area contributed by atoms with Gasteiger partial charge in [-0.25, -0.2) is 5.48 Å². The molecule has 1 aliphatic heterocycles. The first-order chi connectivity index (χ1) is 16.1. The second-order valence-electron chi connectivity index (χ2n) is 7.87. The number of carbonyl (C=O) groups is 2. The van der Waals surface area contributed by atoms with E-state index >= 15 is 0 Å². The number of hydrogen-bond donors (Lipinski definition) is 3. The molecule has 3 aromatic rings. The largest absolute Gasteiger partial charge is 0.391 e. The van der Waals surface area contributed by atoms with Crippen LogP contribution in [-0.4, -0.2) is 46.0 Å². The van der Waals surface area contributed by atoms with Crippen LogP contribution in [0.2, 0.25) is 0 Å². The number of aliphatic hydroxyl groups is 1. The molecule has 0 saturated carbocycles. The Hall–Kier alpha value is -3.75. The van der Waals surface area contributed by atoms with E-state index in [1.54, 1.807) is 47.6 Å². The van der Waals surface area contributed by atoms with Crippen molar-refractivity contribution < 1.29 is 19.5 Å². The summed E-state index contributed by atoms with van der Waals surface area (Å²) >= 11 is 0. The van der Waals surface area contributed by atoms with Crippen molar-refractivity contribution in [2.24, 2.45) is 0 Å². The van der Waals surface area contributed by atoms with E-state index < -0.39 is 6.10 Å². The van der Waals surface area contributed by atoms with Crippen LogP contribution in [0.4, 0.5) is 5.69 Å². The second kappa shape index (κ2) is 10.7. The summed E-state index contributed by atoms with van der Waals surface area (Å²) in [7, 11) is 0. The van der Waals surface area contributed by atoms with Gasteiger partial charge in [0.25, 0.3) is 11.8 Å². The number of hydrogen-bond acceptors (Lipinski definition) is 6. The number of pyridine rings is 1. The number of nitrogens with one attached hydrogen (secondary N) is 2. The molecule has 8 heteroatoms. The molecule has 2 amide bonds. The Kier molecular flexibility index (Phi) is 7.29. The Balaban J connectivity index is 1.32. The highest BCUT2D eigenvalue weighted by atomic mass is 16.6.